The SMILES string of the molecule is CC[C@H](C(=O)NC(C)(C)C)N(Cc1ccc(Cl)c(Cl)c1)C(=O)CN(c1ccc(C)cc1)S(=O)(=O)c1ccc(F)cc1. The number of benzene rings is 3. The van der Waals surface area contributed by atoms with Gasteiger partial charge in [-0.05, 0) is 88.2 Å². The van der Waals surface area contributed by atoms with E-state index in [-0.39, 0.29) is 34.5 Å². The van der Waals surface area contributed by atoms with Crippen molar-refractivity contribution in [3.8, 4) is 0 Å². The first kappa shape index (κ1) is 32.4. The number of sulfonamides is 1. The van der Waals surface area contributed by atoms with Crippen LogP contribution in [0.5, 0.6) is 0 Å². The number of amides is 2. The van der Waals surface area contributed by atoms with Gasteiger partial charge in [0.15, 0.2) is 0 Å². The van der Waals surface area contributed by atoms with Crippen molar-refractivity contribution in [3.63, 3.8) is 0 Å². The van der Waals surface area contributed by atoms with Gasteiger partial charge in [0, 0.05) is 12.1 Å². The number of nitrogens with one attached hydrogen (secondary N) is 1. The van der Waals surface area contributed by atoms with Crippen molar-refractivity contribution >= 4 is 50.7 Å². The van der Waals surface area contributed by atoms with Gasteiger partial charge in [-0.2, -0.15) is 0 Å². The summed E-state index contributed by atoms with van der Waals surface area (Å²) in [5, 5.41) is 3.53. The lowest BCUT2D eigenvalue weighted by Crippen LogP contribution is -2.55. The van der Waals surface area contributed by atoms with Gasteiger partial charge in [0.25, 0.3) is 10.0 Å². The maximum atomic E-state index is 14.1. The molecule has 0 saturated heterocycles. The van der Waals surface area contributed by atoms with Gasteiger partial charge in [0.05, 0.1) is 20.6 Å². The fraction of sp³-hybridized carbons (Fsp3) is 0.333. The number of aryl methyl sites for hydroxylation is 1. The monoisotopic (exact) mass is 621 g/mol. The minimum absolute atomic E-state index is 0.0237. The number of carbonyl (C=O) groups excluding carboxylic acids is 2. The van der Waals surface area contributed by atoms with Crippen LogP contribution in [0.4, 0.5) is 10.1 Å². The van der Waals surface area contributed by atoms with Crippen LogP contribution >= 0.6 is 23.2 Å². The molecule has 0 aliphatic rings. The van der Waals surface area contributed by atoms with Crippen LogP contribution in [0.25, 0.3) is 0 Å². The number of nitrogens with zero attached hydrogens (tertiary/aromatic N) is 2. The molecule has 0 aliphatic heterocycles. The van der Waals surface area contributed by atoms with E-state index in [9.17, 15) is 22.4 Å². The summed E-state index contributed by atoms with van der Waals surface area (Å²) in [4.78, 5) is 28.6. The van der Waals surface area contributed by atoms with E-state index in [1.54, 1.807) is 49.4 Å². The topological polar surface area (TPSA) is 86.8 Å². The van der Waals surface area contributed by atoms with Crippen molar-refractivity contribution in [3.05, 3.63) is 93.7 Å². The molecule has 0 aliphatic carbocycles. The molecule has 0 spiro atoms. The molecule has 7 nitrogen and oxygen atoms in total. The summed E-state index contributed by atoms with van der Waals surface area (Å²) in [6.07, 6.45) is 0.268. The number of rotatable bonds is 10. The molecular formula is C30H34Cl2FN3O4S. The molecule has 0 bridgehead atoms. The molecule has 3 aromatic rings. The van der Waals surface area contributed by atoms with Crippen molar-refractivity contribution in [1.29, 1.82) is 0 Å². The number of hydrogen-bond acceptors (Lipinski definition) is 4. The third-order valence-electron chi connectivity index (χ3n) is 6.22. The van der Waals surface area contributed by atoms with Gasteiger partial charge in [0.1, 0.15) is 18.4 Å². The van der Waals surface area contributed by atoms with Crippen LogP contribution in [-0.2, 0) is 26.2 Å². The first-order valence-electron chi connectivity index (χ1n) is 13.0. The molecule has 0 saturated carbocycles. The average Bonchev–Trinajstić information content (AvgIpc) is 2.89. The molecule has 220 valence electrons. The molecule has 41 heavy (non-hydrogen) atoms. The fourth-order valence-electron chi connectivity index (χ4n) is 4.18. The number of halogens is 3. The first-order valence-corrected chi connectivity index (χ1v) is 15.2. The Morgan fingerprint density at radius 2 is 1.56 bits per heavy atom. The predicted molar refractivity (Wildman–Crippen MR) is 161 cm³/mol. The predicted octanol–water partition coefficient (Wildman–Crippen LogP) is 6.36. The number of hydrogen-bond donors (Lipinski definition) is 1. The molecule has 0 heterocycles. The normalized spacial score (nSPS) is 12.5. The lowest BCUT2D eigenvalue weighted by atomic mass is 10.1. The summed E-state index contributed by atoms with van der Waals surface area (Å²) in [6, 6.07) is 15.0. The Bertz CT molecular complexity index is 1490. The van der Waals surface area contributed by atoms with E-state index >= 15 is 0 Å². The second kappa shape index (κ2) is 13.2. The maximum Gasteiger partial charge on any atom is 0.264 e. The zero-order valence-corrected chi connectivity index (χ0v) is 25.9. The van der Waals surface area contributed by atoms with E-state index in [4.69, 9.17) is 23.2 Å². The van der Waals surface area contributed by atoms with E-state index in [1.165, 1.54) is 4.90 Å². The Labute approximate surface area is 251 Å². The zero-order chi connectivity index (χ0) is 30.5. The molecule has 0 aromatic heterocycles. The Kier molecular flexibility index (Phi) is 10.4. The third kappa shape index (κ3) is 8.44. The third-order valence-corrected chi connectivity index (χ3v) is 8.75. The van der Waals surface area contributed by atoms with Gasteiger partial charge in [-0.1, -0.05) is 53.9 Å². The lowest BCUT2D eigenvalue weighted by Gasteiger charge is -2.34. The second-order valence-electron chi connectivity index (χ2n) is 10.7. The van der Waals surface area contributed by atoms with Gasteiger partial charge in [0.2, 0.25) is 11.8 Å². The molecule has 3 aromatic carbocycles. The highest BCUT2D eigenvalue weighted by Gasteiger charge is 2.34. The highest BCUT2D eigenvalue weighted by molar-refractivity contribution is 7.92. The van der Waals surface area contributed by atoms with Gasteiger partial charge in [-0.15, -0.1) is 0 Å². The molecule has 0 fully saturated rings. The van der Waals surface area contributed by atoms with Crippen LogP contribution in [-0.4, -0.2) is 43.3 Å². The van der Waals surface area contributed by atoms with Crippen LogP contribution in [0.1, 0.15) is 45.2 Å². The minimum atomic E-state index is -4.30. The van der Waals surface area contributed by atoms with Gasteiger partial charge < -0.3 is 10.2 Å². The average molecular weight is 623 g/mol. The van der Waals surface area contributed by atoms with E-state index in [0.29, 0.717) is 10.6 Å². The zero-order valence-electron chi connectivity index (χ0n) is 23.6. The van der Waals surface area contributed by atoms with E-state index in [1.807, 2.05) is 27.7 Å². The Morgan fingerprint density at radius 1 is 0.951 bits per heavy atom. The van der Waals surface area contributed by atoms with Gasteiger partial charge in [-0.3, -0.25) is 13.9 Å². The summed E-state index contributed by atoms with van der Waals surface area (Å²) in [5.74, 6) is -1.58. The van der Waals surface area contributed by atoms with E-state index in [2.05, 4.69) is 5.32 Å². The summed E-state index contributed by atoms with van der Waals surface area (Å²) in [7, 11) is -4.30. The van der Waals surface area contributed by atoms with Crippen molar-refractivity contribution in [2.75, 3.05) is 10.8 Å². The summed E-state index contributed by atoms with van der Waals surface area (Å²) < 4.78 is 42.2. The lowest BCUT2D eigenvalue weighted by molar-refractivity contribution is -0.141. The summed E-state index contributed by atoms with van der Waals surface area (Å²) in [5.41, 5.74) is 1.18. The first-order chi connectivity index (χ1) is 19.1. The van der Waals surface area contributed by atoms with Gasteiger partial charge >= 0.3 is 0 Å². The summed E-state index contributed by atoms with van der Waals surface area (Å²) in [6.45, 7) is 8.49. The number of anilines is 1. The van der Waals surface area contributed by atoms with E-state index in [0.717, 1.165) is 34.1 Å². The van der Waals surface area contributed by atoms with Crippen LogP contribution in [0.2, 0.25) is 10.0 Å². The molecule has 1 atom stereocenters. The quantitative estimate of drug-likeness (QED) is 0.285. The Hall–Kier alpha value is -3.14. The molecule has 3 rings (SSSR count). The second-order valence-corrected chi connectivity index (χ2v) is 13.4. The molecule has 2 amide bonds. The molecular weight excluding hydrogens is 588 g/mol. The van der Waals surface area contributed by atoms with Crippen LogP contribution < -0.4 is 9.62 Å². The van der Waals surface area contributed by atoms with E-state index < -0.39 is 39.9 Å². The standard InChI is InChI=1S/C30H34Cl2FN3O4S/c1-6-27(29(38)34-30(3,4)5)35(18-21-9-16-25(31)26(32)17-21)28(37)19-36(23-12-7-20(2)8-13-23)41(39,40)24-14-10-22(33)11-15-24/h7-17,27H,6,18-19H2,1-5H3,(H,34,38)/t27-/m1/s1. The molecule has 0 radical (unpaired) electrons. The van der Waals surface area contributed by atoms with Crippen LogP contribution in [0.15, 0.2) is 71.6 Å². The fourth-order valence-corrected chi connectivity index (χ4v) is 5.92. The van der Waals surface area contributed by atoms with Crippen molar-refractivity contribution in [2.45, 2.75) is 64.1 Å². The molecule has 11 heteroatoms. The maximum absolute atomic E-state index is 14.1. The van der Waals surface area contributed by atoms with Gasteiger partial charge in [-0.25, -0.2) is 12.8 Å². The Balaban J connectivity index is 2.08. The summed E-state index contributed by atoms with van der Waals surface area (Å²) >= 11 is 12.3. The smallest absolute Gasteiger partial charge is 0.264 e. The number of carbonyl (C=O) groups is 2. The largest absolute Gasteiger partial charge is 0.350 e. The highest BCUT2D eigenvalue weighted by atomic mass is 35.5. The molecule has 0 unspecified atom stereocenters. The van der Waals surface area contributed by atoms with Crippen molar-refractivity contribution in [2.24, 2.45) is 0 Å². The van der Waals surface area contributed by atoms with Crippen molar-refractivity contribution < 1.29 is 22.4 Å². The molecule has 1 N–H and O–H groups in total. The van der Waals surface area contributed by atoms with Crippen molar-refractivity contribution in [1.82, 2.24) is 10.2 Å². The van der Waals surface area contributed by atoms with Crippen LogP contribution in [0, 0.1) is 12.7 Å². The Morgan fingerprint density at radius 3 is 2.10 bits per heavy atom. The minimum Gasteiger partial charge on any atom is -0.350 e. The van der Waals surface area contributed by atoms with Crippen LogP contribution in [0.3, 0.4) is 0 Å². The highest BCUT2D eigenvalue weighted by Crippen LogP contribution is 2.27.